The molecule has 0 saturated carbocycles. The molecule has 2 aromatic rings. The van der Waals surface area contributed by atoms with Gasteiger partial charge in [-0.1, -0.05) is 6.92 Å². The van der Waals surface area contributed by atoms with E-state index in [0.717, 1.165) is 30.6 Å². The molecule has 3 heterocycles. The van der Waals surface area contributed by atoms with Crippen molar-refractivity contribution in [2.75, 3.05) is 29.0 Å². The van der Waals surface area contributed by atoms with Crippen LogP contribution >= 0.6 is 0 Å². The Hall–Kier alpha value is -2.24. The van der Waals surface area contributed by atoms with E-state index in [0.29, 0.717) is 18.1 Å². The maximum Gasteiger partial charge on any atom is 0.157 e. The maximum absolute atomic E-state index is 6.23. The van der Waals surface area contributed by atoms with Crippen LogP contribution in [0, 0.1) is 5.92 Å². The van der Waals surface area contributed by atoms with Crippen molar-refractivity contribution in [1.82, 2.24) is 9.97 Å². The summed E-state index contributed by atoms with van der Waals surface area (Å²) in [5.41, 5.74) is 6.84. The van der Waals surface area contributed by atoms with E-state index in [1.807, 2.05) is 12.1 Å². The lowest BCUT2D eigenvalue weighted by Crippen LogP contribution is -2.34. The molecule has 6 nitrogen and oxygen atoms in total. The molecule has 0 aliphatic carbocycles. The largest absolute Gasteiger partial charge is 0.467 e. The first-order chi connectivity index (χ1) is 10.2. The maximum atomic E-state index is 6.23. The number of nitrogens with two attached hydrogens (primary N) is 1. The molecule has 0 radical (unpaired) electrons. The molecule has 6 heteroatoms. The normalized spacial score (nSPS) is 16.1. The highest BCUT2D eigenvalue weighted by Crippen LogP contribution is 2.29. The molecular weight excluding hydrogens is 266 g/mol. The summed E-state index contributed by atoms with van der Waals surface area (Å²) in [5.74, 6) is 3.12. The van der Waals surface area contributed by atoms with E-state index >= 15 is 0 Å². The molecule has 1 saturated heterocycles. The highest BCUT2D eigenvalue weighted by Gasteiger charge is 2.20. The van der Waals surface area contributed by atoms with Gasteiger partial charge in [-0.25, -0.2) is 9.97 Å². The van der Waals surface area contributed by atoms with E-state index in [-0.39, 0.29) is 0 Å². The summed E-state index contributed by atoms with van der Waals surface area (Å²) >= 11 is 0. The van der Waals surface area contributed by atoms with Crippen LogP contribution in [-0.4, -0.2) is 23.1 Å². The van der Waals surface area contributed by atoms with Gasteiger partial charge in [-0.3, -0.25) is 0 Å². The number of furan rings is 1. The van der Waals surface area contributed by atoms with Crippen molar-refractivity contribution in [3.63, 3.8) is 0 Å². The monoisotopic (exact) mass is 287 g/mol. The molecule has 0 spiro atoms. The zero-order valence-electron chi connectivity index (χ0n) is 12.2. The summed E-state index contributed by atoms with van der Waals surface area (Å²) in [7, 11) is 0. The minimum Gasteiger partial charge on any atom is -0.467 e. The third-order valence-corrected chi connectivity index (χ3v) is 3.96. The van der Waals surface area contributed by atoms with Crippen LogP contribution in [0.4, 0.5) is 17.3 Å². The molecule has 1 aliphatic rings. The molecule has 0 amide bonds. The number of hydrogen-bond acceptors (Lipinski definition) is 6. The van der Waals surface area contributed by atoms with Crippen LogP contribution < -0.4 is 16.0 Å². The van der Waals surface area contributed by atoms with Gasteiger partial charge < -0.3 is 20.4 Å². The lowest BCUT2D eigenvalue weighted by Gasteiger charge is -2.32. The fourth-order valence-corrected chi connectivity index (χ4v) is 2.58. The van der Waals surface area contributed by atoms with E-state index in [1.165, 1.54) is 12.8 Å². The zero-order chi connectivity index (χ0) is 14.7. The number of nitrogen functional groups attached to an aromatic ring is 1. The first-order valence-electron chi connectivity index (χ1n) is 7.35. The van der Waals surface area contributed by atoms with Gasteiger partial charge >= 0.3 is 0 Å². The number of piperidine rings is 1. The van der Waals surface area contributed by atoms with Gasteiger partial charge in [0.15, 0.2) is 11.6 Å². The molecule has 21 heavy (non-hydrogen) atoms. The quantitative estimate of drug-likeness (QED) is 0.899. The van der Waals surface area contributed by atoms with Crippen LogP contribution in [0.15, 0.2) is 29.1 Å². The highest BCUT2D eigenvalue weighted by molar-refractivity contribution is 5.74. The van der Waals surface area contributed by atoms with Crippen LogP contribution in [0.3, 0.4) is 0 Å². The lowest BCUT2D eigenvalue weighted by molar-refractivity contribution is 0.437. The molecule has 3 N–H and O–H groups in total. The molecule has 2 aromatic heterocycles. The van der Waals surface area contributed by atoms with Crippen molar-refractivity contribution in [1.29, 1.82) is 0 Å². The fourth-order valence-electron chi connectivity index (χ4n) is 2.58. The van der Waals surface area contributed by atoms with E-state index in [9.17, 15) is 0 Å². The second-order valence-electron chi connectivity index (χ2n) is 5.56. The number of rotatable bonds is 4. The first-order valence-corrected chi connectivity index (χ1v) is 7.35. The Morgan fingerprint density at radius 3 is 2.90 bits per heavy atom. The summed E-state index contributed by atoms with van der Waals surface area (Å²) < 4.78 is 5.30. The van der Waals surface area contributed by atoms with Crippen molar-refractivity contribution in [3.8, 4) is 0 Å². The molecular formula is C15H21N5O. The second-order valence-corrected chi connectivity index (χ2v) is 5.56. The standard InChI is InChI=1S/C15H21N5O/c1-11-4-6-20(7-5-11)15-13(16)14(18-10-19-15)17-9-12-3-2-8-21-12/h2-3,8,10-11H,4-7,9,16H2,1H3,(H,17,18,19). The van der Waals surface area contributed by atoms with E-state index < -0.39 is 0 Å². The van der Waals surface area contributed by atoms with Crippen LogP contribution in [0.2, 0.25) is 0 Å². The van der Waals surface area contributed by atoms with Crippen molar-refractivity contribution in [2.24, 2.45) is 5.92 Å². The number of anilines is 3. The van der Waals surface area contributed by atoms with Gasteiger partial charge in [-0.05, 0) is 30.9 Å². The fraction of sp³-hybridized carbons (Fsp3) is 0.467. The summed E-state index contributed by atoms with van der Waals surface area (Å²) in [6, 6.07) is 3.78. The third-order valence-electron chi connectivity index (χ3n) is 3.96. The number of nitrogens with zero attached hydrogens (tertiary/aromatic N) is 3. The Morgan fingerprint density at radius 1 is 1.38 bits per heavy atom. The summed E-state index contributed by atoms with van der Waals surface area (Å²) in [6.07, 6.45) is 5.58. The molecule has 0 unspecified atom stereocenters. The van der Waals surface area contributed by atoms with Crippen molar-refractivity contribution in [2.45, 2.75) is 26.3 Å². The number of nitrogens with one attached hydrogen (secondary N) is 1. The number of aromatic nitrogens is 2. The molecule has 1 aliphatic heterocycles. The Morgan fingerprint density at radius 2 is 2.19 bits per heavy atom. The van der Waals surface area contributed by atoms with E-state index in [4.69, 9.17) is 10.2 Å². The predicted molar refractivity (Wildman–Crippen MR) is 83.1 cm³/mol. The summed E-state index contributed by atoms with van der Waals surface area (Å²) in [5, 5.41) is 3.21. The van der Waals surface area contributed by atoms with Crippen LogP contribution in [0.25, 0.3) is 0 Å². The molecule has 0 aromatic carbocycles. The average Bonchev–Trinajstić information content (AvgIpc) is 3.01. The molecule has 0 atom stereocenters. The zero-order valence-corrected chi connectivity index (χ0v) is 12.2. The van der Waals surface area contributed by atoms with Crippen molar-refractivity contribution < 1.29 is 4.42 Å². The van der Waals surface area contributed by atoms with E-state index in [1.54, 1.807) is 12.6 Å². The lowest BCUT2D eigenvalue weighted by atomic mass is 9.99. The van der Waals surface area contributed by atoms with Crippen LogP contribution in [0.1, 0.15) is 25.5 Å². The molecule has 1 fully saturated rings. The predicted octanol–water partition coefficient (Wildman–Crippen LogP) is 2.50. The van der Waals surface area contributed by atoms with Gasteiger partial charge in [-0.2, -0.15) is 0 Å². The minimum atomic E-state index is 0.560. The van der Waals surface area contributed by atoms with Gasteiger partial charge in [0.25, 0.3) is 0 Å². The van der Waals surface area contributed by atoms with Gasteiger partial charge in [0.05, 0.1) is 12.8 Å². The smallest absolute Gasteiger partial charge is 0.157 e. The Kier molecular flexibility index (Phi) is 3.94. The third kappa shape index (κ3) is 3.09. The van der Waals surface area contributed by atoms with Gasteiger partial charge in [0.1, 0.15) is 17.8 Å². The van der Waals surface area contributed by atoms with Crippen LogP contribution in [-0.2, 0) is 6.54 Å². The van der Waals surface area contributed by atoms with Crippen LogP contribution in [0.5, 0.6) is 0 Å². The van der Waals surface area contributed by atoms with Crippen molar-refractivity contribution >= 4 is 17.3 Å². The second kappa shape index (κ2) is 6.03. The minimum absolute atomic E-state index is 0.560. The Balaban J connectivity index is 1.72. The topological polar surface area (TPSA) is 80.2 Å². The van der Waals surface area contributed by atoms with Crippen molar-refractivity contribution in [3.05, 3.63) is 30.5 Å². The van der Waals surface area contributed by atoms with Gasteiger partial charge in [0, 0.05) is 13.1 Å². The molecule has 3 rings (SSSR count). The molecule has 112 valence electrons. The average molecular weight is 287 g/mol. The first kappa shape index (κ1) is 13.7. The van der Waals surface area contributed by atoms with E-state index in [2.05, 4.69) is 27.1 Å². The van der Waals surface area contributed by atoms with Gasteiger partial charge in [-0.15, -0.1) is 0 Å². The highest BCUT2D eigenvalue weighted by atomic mass is 16.3. The number of hydrogen-bond donors (Lipinski definition) is 2. The summed E-state index contributed by atoms with van der Waals surface area (Å²) in [4.78, 5) is 10.8. The SMILES string of the molecule is CC1CCN(c2ncnc(NCc3ccco3)c2N)CC1. The Labute approximate surface area is 124 Å². The van der Waals surface area contributed by atoms with Gasteiger partial charge in [0.2, 0.25) is 0 Å². The summed E-state index contributed by atoms with van der Waals surface area (Å²) in [6.45, 7) is 4.85. The Bertz CT molecular complexity index is 576. The molecule has 0 bridgehead atoms.